The number of anilines is 1. The number of hydrogen-bond donors (Lipinski definition) is 2. The molecule has 0 atom stereocenters. The van der Waals surface area contributed by atoms with Crippen LogP contribution in [0.3, 0.4) is 0 Å². The quantitative estimate of drug-likeness (QED) is 0.679. The fourth-order valence-corrected chi connectivity index (χ4v) is 4.29. The molecule has 1 aliphatic heterocycles. The summed E-state index contributed by atoms with van der Waals surface area (Å²) in [6.45, 7) is 1.89. The molecular weight excluding hydrogens is 430 g/mol. The fraction of sp³-hybridized carbons (Fsp3) is 0.333. The van der Waals surface area contributed by atoms with E-state index in [1.807, 2.05) is 0 Å². The van der Waals surface area contributed by atoms with Crippen molar-refractivity contribution in [3.8, 4) is 5.75 Å². The highest BCUT2D eigenvalue weighted by molar-refractivity contribution is 7.91. The van der Waals surface area contributed by atoms with E-state index in [0.29, 0.717) is 18.9 Å². The number of nitrogens with zero attached hydrogens (tertiary/aromatic N) is 1. The zero-order valence-electron chi connectivity index (χ0n) is 16.8. The number of phenolic OH excluding ortho intramolecular Hbond substituents is 1. The number of carbonyl (C=O) groups excluding carboxylic acids is 2. The number of sulfone groups is 1. The minimum atomic E-state index is -3.51. The normalized spacial score (nSPS) is 15.0. The molecule has 0 radical (unpaired) electrons. The van der Waals surface area contributed by atoms with Gasteiger partial charge in [-0.2, -0.15) is 0 Å². The van der Waals surface area contributed by atoms with Crippen molar-refractivity contribution in [1.82, 2.24) is 4.90 Å². The van der Waals surface area contributed by atoms with Gasteiger partial charge in [0.1, 0.15) is 17.4 Å². The number of aromatic hydroxyl groups is 1. The van der Waals surface area contributed by atoms with Crippen molar-refractivity contribution in [2.45, 2.75) is 24.7 Å². The fourth-order valence-electron chi connectivity index (χ4n) is 3.39. The number of benzene rings is 2. The van der Waals surface area contributed by atoms with Gasteiger partial charge in [-0.05, 0) is 43.2 Å². The molecule has 2 N–H and O–H groups in total. The molecule has 0 aliphatic carbocycles. The number of likely N-dealkylation sites (tertiary alicyclic amines) is 1. The first-order chi connectivity index (χ1) is 14.6. The van der Waals surface area contributed by atoms with E-state index < -0.39 is 39.2 Å². The van der Waals surface area contributed by atoms with Crippen LogP contribution in [0.5, 0.6) is 5.75 Å². The molecule has 10 heteroatoms. The molecule has 1 fully saturated rings. The average molecular weight is 452 g/mol. The lowest BCUT2D eigenvalue weighted by Gasteiger charge is -2.31. The molecule has 166 valence electrons. The zero-order valence-corrected chi connectivity index (χ0v) is 17.6. The van der Waals surface area contributed by atoms with Crippen LogP contribution in [0.1, 0.15) is 30.1 Å². The average Bonchev–Trinajstić information content (AvgIpc) is 2.74. The third-order valence-corrected chi connectivity index (χ3v) is 7.01. The molecule has 1 aliphatic rings. The summed E-state index contributed by atoms with van der Waals surface area (Å²) >= 11 is 0. The van der Waals surface area contributed by atoms with Crippen molar-refractivity contribution < 1.29 is 31.9 Å². The Bertz CT molecular complexity index is 1110. The van der Waals surface area contributed by atoms with Crippen molar-refractivity contribution in [3.63, 3.8) is 0 Å². The van der Waals surface area contributed by atoms with Crippen molar-refractivity contribution in [1.29, 1.82) is 0 Å². The van der Waals surface area contributed by atoms with Gasteiger partial charge >= 0.3 is 0 Å². The van der Waals surface area contributed by atoms with Crippen LogP contribution in [0, 0.1) is 17.6 Å². The van der Waals surface area contributed by atoms with E-state index in [-0.39, 0.29) is 40.7 Å². The Morgan fingerprint density at radius 1 is 1.13 bits per heavy atom. The van der Waals surface area contributed by atoms with Crippen molar-refractivity contribution in [3.05, 3.63) is 53.6 Å². The predicted octanol–water partition coefficient (Wildman–Crippen LogP) is 2.95. The van der Waals surface area contributed by atoms with Gasteiger partial charge in [0.15, 0.2) is 9.84 Å². The Morgan fingerprint density at radius 3 is 2.42 bits per heavy atom. The topological polar surface area (TPSA) is 104 Å². The predicted molar refractivity (Wildman–Crippen MR) is 109 cm³/mol. The molecule has 0 saturated carbocycles. The maximum atomic E-state index is 13.9. The number of hydrogen-bond acceptors (Lipinski definition) is 5. The molecule has 1 heterocycles. The summed E-state index contributed by atoms with van der Waals surface area (Å²) in [6.07, 6.45) is 0.599. The first-order valence-electron chi connectivity index (χ1n) is 9.73. The van der Waals surface area contributed by atoms with E-state index in [2.05, 4.69) is 5.32 Å². The van der Waals surface area contributed by atoms with Crippen LogP contribution < -0.4 is 5.32 Å². The van der Waals surface area contributed by atoms with Crippen LogP contribution in [-0.4, -0.2) is 49.1 Å². The minimum Gasteiger partial charge on any atom is -0.506 e. The van der Waals surface area contributed by atoms with Gasteiger partial charge in [0.25, 0.3) is 5.91 Å². The van der Waals surface area contributed by atoms with Crippen LogP contribution in [0.2, 0.25) is 0 Å². The first kappa shape index (κ1) is 22.7. The molecule has 0 aromatic heterocycles. The van der Waals surface area contributed by atoms with E-state index in [1.54, 1.807) is 0 Å². The highest BCUT2D eigenvalue weighted by atomic mass is 32.2. The van der Waals surface area contributed by atoms with Crippen molar-refractivity contribution in [2.24, 2.45) is 5.92 Å². The number of nitrogens with one attached hydrogen (secondary N) is 1. The summed E-state index contributed by atoms with van der Waals surface area (Å²) in [5.41, 5.74) is -0.241. The molecule has 0 bridgehead atoms. The molecule has 31 heavy (non-hydrogen) atoms. The Balaban J connectivity index is 1.64. The van der Waals surface area contributed by atoms with Crippen LogP contribution in [0.25, 0.3) is 0 Å². The first-order valence-corrected chi connectivity index (χ1v) is 11.4. The Morgan fingerprint density at radius 2 is 1.81 bits per heavy atom. The van der Waals surface area contributed by atoms with Gasteiger partial charge in [0.05, 0.1) is 21.9 Å². The van der Waals surface area contributed by atoms with Gasteiger partial charge in [-0.3, -0.25) is 9.59 Å². The standard InChI is InChI=1S/C21H22F2N2O5S/c1-2-31(29,30)15-4-6-19(26)18(12-15)24-20(27)13-7-9-25(10-8-13)21(28)16-5-3-14(22)11-17(16)23/h3-6,11-13,26H,2,7-10H2,1H3,(H,24,27). The largest absolute Gasteiger partial charge is 0.506 e. The highest BCUT2D eigenvalue weighted by Gasteiger charge is 2.29. The second-order valence-electron chi connectivity index (χ2n) is 7.26. The Hall–Kier alpha value is -3.01. The zero-order chi connectivity index (χ0) is 22.8. The summed E-state index contributed by atoms with van der Waals surface area (Å²) in [5.74, 6) is -3.57. The molecule has 2 aromatic rings. The van der Waals surface area contributed by atoms with E-state index in [1.165, 1.54) is 30.0 Å². The lowest BCUT2D eigenvalue weighted by atomic mass is 9.95. The smallest absolute Gasteiger partial charge is 0.256 e. The second kappa shape index (κ2) is 9.01. The van der Waals surface area contributed by atoms with E-state index in [4.69, 9.17) is 0 Å². The number of phenols is 1. The van der Waals surface area contributed by atoms with Crippen LogP contribution in [-0.2, 0) is 14.6 Å². The summed E-state index contributed by atoms with van der Waals surface area (Å²) in [5, 5.41) is 12.5. The van der Waals surface area contributed by atoms with E-state index in [9.17, 15) is 31.9 Å². The van der Waals surface area contributed by atoms with E-state index in [0.717, 1.165) is 12.1 Å². The lowest BCUT2D eigenvalue weighted by Crippen LogP contribution is -2.41. The minimum absolute atomic E-state index is 0.00795. The molecule has 0 spiro atoms. The summed E-state index contributed by atoms with van der Waals surface area (Å²) in [4.78, 5) is 26.5. The van der Waals surface area contributed by atoms with Gasteiger partial charge < -0.3 is 15.3 Å². The third-order valence-electron chi connectivity index (χ3n) is 5.28. The van der Waals surface area contributed by atoms with E-state index >= 15 is 0 Å². The number of carbonyl (C=O) groups is 2. The summed E-state index contributed by atoms with van der Waals surface area (Å²) in [7, 11) is -3.51. The summed E-state index contributed by atoms with van der Waals surface area (Å²) in [6, 6.07) is 6.43. The van der Waals surface area contributed by atoms with Crippen LogP contribution in [0.4, 0.5) is 14.5 Å². The van der Waals surface area contributed by atoms with Gasteiger partial charge in [-0.1, -0.05) is 6.92 Å². The maximum absolute atomic E-state index is 13.9. The van der Waals surface area contributed by atoms with Gasteiger partial charge in [-0.25, -0.2) is 17.2 Å². The maximum Gasteiger partial charge on any atom is 0.256 e. The Labute approximate surface area is 178 Å². The van der Waals surface area contributed by atoms with Crippen molar-refractivity contribution in [2.75, 3.05) is 24.2 Å². The molecule has 3 rings (SSSR count). The van der Waals surface area contributed by atoms with Crippen LogP contribution in [0.15, 0.2) is 41.3 Å². The SMILES string of the molecule is CCS(=O)(=O)c1ccc(O)c(NC(=O)C2CCN(C(=O)c3ccc(F)cc3F)CC2)c1. The van der Waals surface area contributed by atoms with Gasteiger partial charge in [0.2, 0.25) is 5.91 Å². The van der Waals surface area contributed by atoms with Crippen molar-refractivity contribution >= 4 is 27.3 Å². The van der Waals surface area contributed by atoms with Gasteiger partial charge in [0, 0.05) is 25.1 Å². The molecule has 2 aromatic carbocycles. The van der Waals surface area contributed by atoms with Crippen LogP contribution >= 0.6 is 0 Å². The number of piperidine rings is 1. The monoisotopic (exact) mass is 452 g/mol. The molecular formula is C21H22F2N2O5S. The number of rotatable bonds is 5. The number of amides is 2. The molecule has 2 amide bonds. The molecule has 1 saturated heterocycles. The highest BCUT2D eigenvalue weighted by Crippen LogP contribution is 2.29. The second-order valence-corrected chi connectivity index (χ2v) is 9.54. The third kappa shape index (κ3) is 5.01. The number of halogens is 2. The molecule has 0 unspecified atom stereocenters. The summed E-state index contributed by atoms with van der Waals surface area (Å²) < 4.78 is 51.0. The lowest BCUT2D eigenvalue weighted by molar-refractivity contribution is -0.121. The Kier molecular flexibility index (Phi) is 6.59. The van der Waals surface area contributed by atoms with Gasteiger partial charge in [-0.15, -0.1) is 0 Å². The molecule has 7 nitrogen and oxygen atoms in total.